The first-order valence-electron chi connectivity index (χ1n) is 5.30. The highest BCUT2D eigenvalue weighted by Crippen LogP contribution is 2.14. The molecule has 0 fully saturated rings. The van der Waals surface area contributed by atoms with Crippen LogP contribution in [0, 0.1) is 0 Å². The Morgan fingerprint density at radius 1 is 1.35 bits per heavy atom. The Kier molecular flexibility index (Phi) is 3.74. The van der Waals surface area contributed by atoms with Gasteiger partial charge in [-0.15, -0.1) is 0 Å². The second kappa shape index (κ2) is 5.47. The summed E-state index contributed by atoms with van der Waals surface area (Å²) in [5.74, 6) is -0.294. The molecule has 5 nitrogen and oxygen atoms in total. The fourth-order valence-corrected chi connectivity index (χ4v) is 1.49. The Hall–Kier alpha value is -1.85. The standard InChI is InChI=1S/C12H14N2O3/c1-16-6-7-17-14-12(15)11-8-9-4-2-3-5-10(9)13-11/h2-5,8,13H,6-7H2,1H3,(H,14,15). The van der Waals surface area contributed by atoms with Gasteiger partial charge in [0.2, 0.25) is 0 Å². The molecule has 1 aromatic heterocycles. The summed E-state index contributed by atoms with van der Waals surface area (Å²) in [5.41, 5.74) is 3.75. The predicted octanol–water partition coefficient (Wildman–Crippen LogP) is 1.48. The van der Waals surface area contributed by atoms with E-state index in [1.165, 1.54) is 0 Å². The van der Waals surface area contributed by atoms with Gasteiger partial charge in [-0.2, -0.15) is 0 Å². The monoisotopic (exact) mass is 234 g/mol. The number of benzene rings is 1. The van der Waals surface area contributed by atoms with Crippen LogP contribution < -0.4 is 5.48 Å². The first-order chi connectivity index (χ1) is 8.31. The van der Waals surface area contributed by atoms with E-state index in [0.29, 0.717) is 18.9 Å². The second-order valence-corrected chi connectivity index (χ2v) is 3.54. The number of nitrogens with one attached hydrogen (secondary N) is 2. The van der Waals surface area contributed by atoms with Crippen molar-refractivity contribution in [3.8, 4) is 0 Å². The van der Waals surface area contributed by atoms with Crippen LogP contribution in [0.3, 0.4) is 0 Å². The van der Waals surface area contributed by atoms with Crippen LogP contribution in [-0.4, -0.2) is 31.2 Å². The zero-order valence-corrected chi connectivity index (χ0v) is 9.53. The van der Waals surface area contributed by atoms with Gasteiger partial charge in [-0.05, 0) is 12.1 Å². The third kappa shape index (κ3) is 2.83. The molecule has 2 N–H and O–H groups in total. The Balaban J connectivity index is 1.99. The number of ether oxygens (including phenoxy) is 1. The lowest BCUT2D eigenvalue weighted by atomic mass is 10.2. The lowest BCUT2D eigenvalue weighted by Crippen LogP contribution is -2.25. The molecule has 0 aliphatic heterocycles. The molecule has 1 heterocycles. The molecular weight excluding hydrogens is 220 g/mol. The highest BCUT2D eigenvalue weighted by Gasteiger charge is 2.08. The van der Waals surface area contributed by atoms with Crippen LogP contribution in [0.2, 0.25) is 0 Å². The van der Waals surface area contributed by atoms with Crippen LogP contribution in [0.5, 0.6) is 0 Å². The summed E-state index contributed by atoms with van der Waals surface area (Å²) in [5, 5.41) is 0.995. The first kappa shape index (κ1) is 11.6. The van der Waals surface area contributed by atoms with Gasteiger partial charge in [0, 0.05) is 18.0 Å². The van der Waals surface area contributed by atoms with E-state index in [-0.39, 0.29) is 5.91 Å². The molecule has 5 heteroatoms. The highest BCUT2D eigenvalue weighted by atomic mass is 16.7. The van der Waals surface area contributed by atoms with Crippen molar-refractivity contribution in [1.82, 2.24) is 10.5 Å². The van der Waals surface area contributed by atoms with Gasteiger partial charge in [-0.3, -0.25) is 9.63 Å². The van der Waals surface area contributed by atoms with E-state index in [1.807, 2.05) is 24.3 Å². The first-order valence-corrected chi connectivity index (χ1v) is 5.30. The summed E-state index contributed by atoms with van der Waals surface area (Å²) >= 11 is 0. The van der Waals surface area contributed by atoms with Crippen LogP contribution in [-0.2, 0) is 9.57 Å². The number of carbonyl (C=O) groups is 1. The number of hydrogen-bond acceptors (Lipinski definition) is 3. The van der Waals surface area contributed by atoms with Crippen molar-refractivity contribution < 1.29 is 14.4 Å². The Bertz CT molecular complexity index is 474. The van der Waals surface area contributed by atoms with Gasteiger partial charge in [0.05, 0.1) is 13.2 Å². The summed E-state index contributed by atoms with van der Waals surface area (Å²) in [4.78, 5) is 19.6. The molecule has 0 saturated carbocycles. The van der Waals surface area contributed by atoms with Crippen molar-refractivity contribution in [2.24, 2.45) is 0 Å². The van der Waals surface area contributed by atoms with Gasteiger partial charge in [-0.25, -0.2) is 5.48 Å². The van der Waals surface area contributed by atoms with Crippen molar-refractivity contribution in [1.29, 1.82) is 0 Å². The molecule has 0 aliphatic carbocycles. The number of fused-ring (bicyclic) bond motifs is 1. The van der Waals surface area contributed by atoms with E-state index in [2.05, 4.69) is 10.5 Å². The van der Waals surface area contributed by atoms with Crippen LogP contribution in [0.25, 0.3) is 10.9 Å². The average Bonchev–Trinajstić information content (AvgIpc) is 2.78. The van der Waals surface area contributed by atoms with E-state index in [1.54, 1.807) is 13.2 Å². The van der Waals surface area contributed by atoms with Crippen molar-refractivity contribution >= 4 is 16.8 Å². The third-order valence-corrected chi connectivity index (χ3v) is 2.33. The molecule has 0 bridgehead atoms. The number of methoxy groups -OCH3 is 1. The van der Waals surface area contributed by atoms with Gasteiger partial charge in [0.1, 0.15) is 5.69 Å². The van der Waals surface area contributed by atoms with E-state index in [0.717, 1.165) is 10.9 Å². The van der Waals surface area contributed by atoms with Crippen molar-refractivity contribution in [2.75, 3.05) is 20.3 Å². The number of para-hydroxylation sites is 1. The third-order valence-electron chi connectivity index (χ3n) is 2.33. The SMILES string of the molecule is COCCONC(=O)c1cc2ccccc2[nH]1. The maximum Gasteiger partial charge on any atom is 0.291 e. The van der Waals surface area contributed by atoms with Crippen molar-refractivity contribution in [2.45, 2.75) is 0 Å². The number of aromatic amines is 1. The minimum atomic E-state index is -0.294. The smallest absolute Gasteiger partial charge is 0.291 e. The summed E-state index contributed by atoms with van der Waals surface area (Å²) in [6, 6.07) is 9.47. The van der Waals surface area contributed by atoms with Gasteiger partial charge in [0.15, 0.2) is 0 Å². The summed E-state index contributed by atoms with van der Waals surface area (Å²) in [7, 11) is 1.57. The van der Waals surface area contributed by atoms with Gasteiger partial charge in [-0.1, -0.05) is 18.2 Å². The molecule has 0 atom stereocenters. The molecule has 90 valence electrons. The molecule has 0 unspecified atom stereocenters. The molecule has 0 radical (unpaired) electrons. The molecule has 0 spiro atoms. The summed E-state index contributed by atoms with van der Waals surface area (Å²) in [6.45, 7) is 0.759. The van der Waals surface area contributed by atoms with Crippen LogP contribution >= 0.6 is 0 Å². The summed E-state index contributed by atoms with van der Waals surface area (Å²) in [6.07, 6.45) is 0. The highest BCUT2D eigenvalue weighted by molar-refractivity contribution is 5.97. The van der Waals surface area contributed by atoms with Gasteiger partial charge >= 0.3 is 0 Å². The average molecular weight is 234 g/mol. The van der Waals surface area contributed by atoms with Crippen LogP contribution in [0.15, 0.2) is 30.3 Å². The summed E-state index contributed by atoms with van der Waals surface area (Å²) < 4.78 is 4.79. The number of hydroxylamine groups is 1. The zero-order valence-electron chi connectivity index (χ0n) is 9.53. The normalized spacial score (nSPS) is 10.6. The molecular formula is C12H14N2O3. The van der Waals surface area contributed by atoms with Crippen LogP contribution in [0.1, 0.15) is 10.5 Å². The topological polar surface area (TPSA) is 63.4 Å². The van der Waals surface area contributed by atoms with Crippen molar-refractivity contribution in [3.63, 3.8) is 0 Å². The number of amides is 1. The number of H-pyrrole nitrogens is 1. The molecule has 17 heavy (non-hydrogen) atoms. The minimum Gasteiger partial charge on any atom is -0.382 e. The molecule has 1 amide bonds. The van der Waals surface area contributed by atoms with Crippen molar-refractivity contribution in [3.05, 3.63) is 36.0 Å². The van der Waals surface area contributed by atoms with E-state index in [9.17, 15) is 4.79 Å². The quantitative estimate of drug-likeness (QED) is 0.608. The van der Waals surface area contributed by atoms with Crippen LogP contribution in [0.4, 0.5) is 0 Å². The maximum absolute atomic E-state index is 11.7. The zero-order chi connectivity index (χ0) is 12.1. The fourth-order valence-electron chi connectivity index (χ4n) is 1.49. The van der Waals surface area contributed by atoms with E-state index in [4.69, 9.17) is 9.57 Å². The lowest BCUT2D eigenvalue weighted by molar-refractivity contribution is 0.00863. The van der Waals surface area contributed by atoms with E-state index >= 15 is 0 Å². The Morgan fingerprint density at radius 2 is 2.18 bits per heavy atom. The minimum absolute atomic E-state index is 0.294. The molecule has 2 rings (SSSR count). The van der Waals surface area contributed by atoms with E-state index < -0.39 is 0 Å². The number of hydrogen-bond donors (Lipinski definition) is 2. The fraction of sp³-hybridized carbons (Fsp3) is 0.250. The molecule has 0 aliphatic rings. The Morgan fingerprint density at radius 3 is 2.94 bits per heavy atom. The van der Waals surface area contributed by atoms with Gasteiger partial charge < -0.3 is 9.72 Å². The largest absolute Gasteiger partial charge is 0.382 e. The second-order valence-electron chi connectivity index (χ2n) is 3.54. The Labute approximate surface area is 98.7 Å². The number of rotatable bonds is 5. The molecule has 2 aromatic rings. The lowest BCUT2D eigenvalue weighted by Gasteiger charge is -2.03. The maximum atomic E-state index is 11.7. The number of carbonyl (C=O) groups excluding carboxylic acids is 1. The molecule has 0 saturated heterocycles. The number of aromatic nitrogens is 1. The predicted molar refractivity (Wildman–Crippen MR) is 63.6 cm³/mol. The van der Waals surface area contributed by atoms with Gasteiger partial charge in [0.25, 0.3) is 5.91 Å². The molecule has 1 aromatic carbocycles.